The van der Waals surface area contributed by atoms with Gasteiger partial charge in [0.2, 0.25) is 0 Å². The number of rotatable bonds is 7. The summed E-state index contributed by atoms with van der Waals surface area (Å²) in [6, 6.07) is 19.5. The van der Waals surface area contributed by atoms with Crippen molar-refractivity contribution in [1.29, 1.82) is 0 Å². The lowest BCUT2D eigenvalue weighted by atomic mass is 10.2. The second kappa shape index (κ2) is 9.15. The lowest BCUT2D eigenvalue weighted by Crippen LogP contribution is -2.13. The van der Waals surface area contributed by atoms with Crippen LogP contribution in [0.3, 0.4) is 0 Å². The van der Waals surface area contributed by atoms with Crippen molar-refractivity contribution in [3.05, 3.63) is 82.9 Å². The fourth-order valence-electron chi connectivity index (χ4n) is 2.59. The number of anilines is 1. The highest BCUT2D eigenvalue weighted by molar-refractivity contribution is 6.31. The standard InChI is InChI=1S/C22H20ClNO4/c1-26-18-9-6-16(7-10-18)22(25)24-20-13-17(23)8-11-21(20)28-14-15-4-3-5-19(12-15)27-2/h3-13H,14H2,1-2H3,(H,24,25). The number of benzene rings is 3. The van der Waals surface area contributed by atoms with Crippen LogP contribution in [0.15, 0.2) is 66.7 Å². The number of carbonyl (C=O) groups excluding carboxylic acids is 1. The number of amides is 1. The molecule has 0 bridgehead atoms. The summed E-state index contributed by atoms with van der Waals surface area (Å²) in [6.45, 7) is 0.324. The van der Waals surface area contributed by atoms with E-state index in [4.69, 9.17) is 25.8 Å². The molecule has 0 unspecified atom stereocenters. The van der Waals surface area contributed by atoms with Gasteiger partial charge in [-0.05, 0) is 60.2 Å². The van der Waals surface area contributed by atoms with Crippen molar-refractivity contribution in [1.82, 2.24) is 0 Å². The van der Waals surface area contributed by atoms with Gasteiger partial charge in [0, 0.05) is 10.6 Å². The van der Waals surface area contributed by atoms with Gasteiger partial charge < -0.3 is 19.5 Å². The Labute approximate surface area is 168 Å². The van der Waals surface area contributed by atoms with Crippen LogP contribution in [0.25, 0.3) is 0 Å². The number of hydrogen-bond donors (Lipinski definition) is 1. The Morgan fingerprint density at radius 2 is 1.68 bits per heavy atom. The van der Waals surface area contributed by atoms with Crippen molar-refractivity contribution in [2.24, 2.45) is 0 Å². The van der Waals surface area contributed by atoms with Crippen molar-refractivity contribution in [3.63, 3.8) is 0 Å². The normalized spacial score (nSPS) is 10.2. The molecule has 0 spiro atoms. The first-order valence-electron chi connectivity index (χ1n) is 8.59. The Morgan fingerprint density at radius 1 is 0.929 bits per heavy atom. The Hall–Kier alpha value is -3.18. The summed E-state index contributed by atoms with van der Waals surface area (Å²) in [7, 11) is 3.19. The summed E-state index contributed by atoms with van der Waals surface area (Å²) in [5.41, 5.74) is 1.94. The Balaban J connectivity index is 1.75. The molecule has 0 saturated carbocycles. The summed E-state index contributed by atoms with van der Waals surface area (Å²) in [6.07, 6.45) is 0. The van der Waals surface area contributed by atoms with Crippen LogP contribution < -0.4 is 19.5 Å². The van der Waals surface area contributed by atoms with Gasteiger partial charge in [-0.15, -0.1) is 0 Å². The third-order valence-corrected chi connectivity index (χ3v) is 4.31. The number of carbonyl (C=O) groups is 1. The highest BCUT2D eigenvalue weighted by atomic mass is 35.5. The molecule has 0 heterocycles. The molecule has 3 rings (SSSR count). The van der Waals surface area contributed by atoms with E-state index in [1.54, 1.807) is 56.7 Å². The van der Waals surface area contributed by atoms with Crippen LogP contribution >= 0.6 is 11.6 Å². The second-order valence-corrected chi connectivity index (χ2v) is 6.40. The van der Waals surface area contributed by atoms with Gasteiger partial charge in [-0.1, -0.05) is 23.7 Å². The molecule has 3 aromatic rings. The average molecular weight is 398 g/mol. The highest BCUT2D eigenvalue weighted by Gasteiger charge is 2.12. The summed E-state index contributed by atoms with van der Waals surface area (Å²) in [5.74, 6) is 1.69. The lowest BCUT2D eigenvalue weighted by Gasteiger charge is -2.14. The van der Waals surface area contributed by atoms with Crippen LogP contribution in [0.5, 0.6) is 17.2 Å². The summed E-state index contributed by atoms with van der Waals surface area (Å²) in [4.78, 5) is 12.6. The maximum Gasteiger partial charge on any atom is 0.255 e. The van der Waals surface area contributed by atoms with E-state index < -0.39 is 0 Å². The number of methoxy groups -OCH3 is 2. The molecule has 0 aliphatic heterocycles. The average Bonchev–Trinajstić information content (AvgIpc) is 2.73. The molecule has 0 radical (unpaired) electrons. The van der Waals surface area contributed by atoms with Crippen LogP contribution in [-0.4, -0.2) is 20.1 Å². The molecule has 6 heteroatoms. The number of ether oxygens (including phenoxy) is 3. The fraction of sp³-hybridized carbons (Fsp3) is 0.136. The van der Waals surface area contributed by atoms with Gasteiger partial charge in [-0.2, -0.15) is 0 Å². The predicted molar refractivity (Wildman–Crippen MR) is 110 cm³/mol. The SMILES string of the molecule is COc1ccc(C(=O)Nc2cc(Cl)ccc2OCc2cccc(OC)c2)cc1. The Morgan fingerprint density at radius 3 is 2.39 bits per heavy atom. The summed E-state index contributed by atoms with van der Waals surface area (Å²) >= 11 is 6.10. The molecule has 0 aliphatic carbocycles. The molecular weight excluding hydrogens is 378 g/mol. The minimum Gasteiger partial charge on any atom is -0.497 e. The van der Waals surface area contributed by atoms with Gasteiger partial charge in [-0.25, -0.2) is 0 Å². The molecule has 1 amide bonds. The topological polar surface area (TPSA) is 56.8 Å². The molecule has 0 fully saturated rings. The van der Waals surface area contributed by atoms with Crippen molar-refractivity contribution in [2.75, 3.05) is 19.5 Å². The second-order valence-electron chi connectivity index (χ2n) is 5.96. The molecule has 0 aliphatic rings. The monoisotopic (exact) mass is 397 g/mol. The van der Waals surface area contributed by atoms with Crippen molar-refractivity contribution in [3.8, 4) is 17.2 Å². The van der Waals surface area contributed by atoms with Gasteiger partial charge in [0.25, 0.3) is 5.91 Å². The van der Waals surface area contributed by atoms with Crippen molar-refractivity contribution in [2.45, 2.75) is 6.61 Å². The van der Waals surface area contributed by atoms with Crippen LogP contribution in [0, 0.1) is 0 Å². The van der Waals surface area contributed by atoms with E-state index in [2.05, 4.69) is 5.32 Å². The first kappa shape index (κ1) is 19.6. The number of hydrogen-bond acceptors (Lipinski definition) is 4. The maximum atomic E-state index is 12.6. The van der Waals surface area contributed by atoms with E-state index in [1.807, 2.05) is 24.3 Å². The number of nitrogens with one attached hydrogen (secondary N) is 1. The van der Waals surface area contributed by atoms with E-state index in [0.717, 1.165) is 11.3 Å². The molecule has 144 valence electrons. The molecule has 0 atom stereocenters. The van der Waals surface area contributed by atoms with Gasteiger partial charge in [-0.3, -0.25) is 4.79 Å². The molecule has 1 N–H and O–H groups in total. The van der Waals surface area contributed by atoms with Gasteiger partial charge in [0.1, 0.15) is 23.9 Å². The molecule has 28 heavy (non-hydrogen) atoms. The molecule has 0 aromatic heterocycles. The Bertz CT molecular complexity index is 957. The van der Waals surface area contributed by atoms with E-state index in [9.17, 15) is 4.79 Å². The quantitative estimate of drug-likeness (QED) is 0.596. The third-order valence-electron chi connectivity index (χ3n) is 4.07. The van der Waals surface area contributed by atoms with E-state index >= 15 is 0 Å². The highest BCUT2D eigenvalue weighted by Crippen LogP contribution is 2.29. The third kappa shape index (κ3) is 4.96. The first-order chi connectivity index (χ1) is 13.6. The first-order valence-corrected chi connectivity index (χ1v) is 8.97. The van der Waals surface area contributed by atoms with E-state index in [0.29, 0.717) is 34.4 Å². The van der Waals surface area contributed by atoms with Gasteiger partial charge in [0.15, 0.2) is 0 Å². The van der Waals surface area contributed by atoms with Crippen molar-refractivity contribution < 1.29 is 19.0 Å². The number of halogens is 1. The maximum absolute atomic E-state index is 12.6. The smallest absolute Gasteiger partial charge is 0.255 e. The van der Waals surface area contributed by atoms with Crippen LogP contribution in [0.1, 0.15) is 15.9 Å². The fourth-order valence-corrected chi connectivity index (χ4v) is 2.76. The van der Waals surface area contributed by atoms with E-state index in [-0.39, 0.29) is 5.91 Å². The zero-order chi connectivity index (χ0) is 19.9. The minimum absolute atomic E-state index is 0.267. The predicted octanol–water partition coefficient (Wildman–Crippen LogP) is 5.19. The van der Waals surface area contributed by atoms with Crippen LogP contribution in [-0.2, 0) is 6.61 Å². The summed E-state index contributed by atoms with van der Waals surface area (Å²) < 4.78 is 16.2. The van der Waals surface area contributed by atoms with Gasteiger partial charge in [0.05, 0.1) is 19.9 Å². The Kier molecular flexibility index (Phi) is 6.40. The van der Waals surface area contributed by atoms with E-state index in [1.165, 1.54) is 0 Å². The molecule has 0 saturated heterocycles. The lowest BCUT2D eigenvalue weighted by molar-refractivity contribution is 0.102. The van der Waals surface area contributed by atoms with Crippen LogP contribution in [0.2, 0.25) is 5.02 Å². The molecular formula is C22H20ClNO4. The van der Waals surface area contributed by atoms with Crippen molar-refractivity contribution >= 4 is 23.2 Å². The zero-order valence-corrected chi connectivity index (χ0v) is 16.3. The zero-order valence-electron chi connectivity index (χ0n) is 15.6. The van der Waals surface area contributed by atoms with Gasteiger partial charge >= 0.3 is 0 Å². The largest absolute Gasteiger partial charge is 0.497 e. The molecule has 5 nitrogen and oxygen atoms in total. The van der Waals surface area contributed by atoms with Crippen LogP contribution in [0.4, 0.5) is 5.69 Å². The molecule has 3 aromatic carbocycles. The minimum atomic E-state index is -0.267. The summed E-state index contributed by atoms with van der Waals surface area (Å²) in [5, 5.41) is 3.35.